The van der Waals surface area contributed by atoms with Crippen LogP contribution in [-0.2, 0) is 11.0 Å². The Kier molecular flexibility index (Phi) is 6.74. The number of rotatable bonds is 7. The molecule has 22 heavy (non-hydrogen) atoms. The van der Waals surface area contributed by atoms with Crippen molar-refractivity contribution in [3.8, 4) is 0 Å². The van der Waals surface area contributed by atoms with E-state index in [1.165, 1.54) is 6.07 Å². The van der Waals surface area contributed by atoms with Crippen molar-refractivity contribution >= 4 is 17.7 Å². The van der Waals surface area contributed by atoms with Crippen LogP contribution in [-0.4, -0.2) is 29.9 Å². The lowest BCUT2D eigenvalue weighted by atomic mass is 9.90. The average molecular weight is 335 g/mol. The van der Waals surface area contributed by atoms with E-state index < -0.39 is 11.7 Å². The normalized spacial score (nSPS) is 12.3. The molecule has 0 aromatic heterocycles. The van der Waals surface area contributed by atoms with Gasteiger partial charge in [0, 0.05) is 18.0 Å². The Morgan fingerprint density at radius 3 is 2.59 bits per heavy atom. The first-order chi connectivity index (χ1) is 10.1. The minimum absolute atomic E-state index is 0.0435. The van der Waals surface area contributed by atoms with E-state index in [2.05, 4.69) is 5.32 Å². The van der Waals surface area contributed by atoms with Gasteiger partial charge in [-0.05, 0) is 30.0 Å². The lowest BCUT2D eigenvalue weighted by Gasteiger charge is -2.23. The number of halogens is 3. The van der Waals surface area contributed by atoms with Crippen LogP contribution < -0.4 is 5.32 Å². The molecule has 1 amide bonds. The molecule has 0 saturated heterocycles. The molecule has 1 aromatic carbocycles. The van der Waals surface area contributed by atoms with E-state index in [9.17, 15) is 18.0 Å². The molecule has 0 radical (unpaired) electrons. The van der Waals surface area contributed by atoms with Crippen molar-refractivity contribution in [1.82, 2.24) is 5.32 Å². The third-order valence-electron chi connectivity index (χ3n) is 3.08. The SMILES string of the molecule is CC(C)(CCO)CNC(=O)CSc1cccc(C(F)(F)F)c1. The molecule has 1 rings (SSSR count). The summed E-state index contributed by atoms with van der Waals surface area (Å²) in [5.41, 5.74) is -0.937. The molecule has 0 saturated carbocycles. The van der Waals surface area contributed by atoms with Gasteiger partial charge in [0.2, 0.25) is 5.91 Å². The first-order valence-corrected chi connectivity index (χ1v) is 7.80. The summed E-state index contributed by atoms with van der Waals surface area (Å²) in [5.74, 6) is -0.190. The van der Waals surface area contributed by atoms with Gasteiger partial charge in [-0.15, -0.1) is 11.8 Å². The largest absolute Gasteiger partial charge is 0.416 e. The number of benzene rings is 1. The maximum Gasteiger partial charge on any atom is 0.416 e. The molecule has 0 atom stereocenters. The molecule has 0 aliphatic carbocycles. The second-order valence-electron chi connectivity index (χ2n) is 5.73. The van der Waals surface area contributed by atoms with Crippen LogP contribution in [0.25, 0.3) is 0 Å². The predicted molar refractivity (Wildman–Crippen MR) is 80.7 cm³/mol. The lowest BCUT2D eigenvalue weighted by molar-refractivity contribution is -0.137. The molecule has 3 nitrogen and oxygen atoms in total. The van der Waals surface area contributed by atoms with Crippen molar-refractivity contribution in [2.24, 2.45) is 5.41 Å². The van der Waals surface area contributed by atoms with Crippen molar-refractivity contribution in [1.29, 1.82) is 0 Å². The zero-order valence-electron chi connectivity index (χ0n) is 12.5. The van der Waals surface area contributed by atoms with Crippen LogP contribution in [0.3, 0.4) is 0 Å². The van der Waals surface area contributed by atoms with Gasteiger partial charge in [-0.25, -0.2) is 0 Å². The van der Waals surface area contributed by atoms with Gasteiger partial charge in [0.25, 0.3) is 0 Å². The molecule has 7 heteroatoms. The first-order valence-electron chi connectivity index (χ1n) is 6.82. The summed E-state index contributed by atoms with van der Waals surface area (Å²) >= 11 is 1.06. The van der Waals surface area contributed by atoms with E-state index >= 15 is 0 Å². The highest BCUT2D eigenvalue weighted by Crippen LogP contribution is 2.31. The number of aliphatic hydroxyl groups is 1. The van der Waals surface area contributed by atoms with Crippen molar-refractivity contribution in [2.45, 2.75) is 31.3 Å². The first kappa shape index (κ1) is 18.8. The van der Waals surface area contributed by atoms with Crippen molar-refractivity contribution in [2.75, 3.05) is 18.9 Å². The number of amides is 1. The number of alkyl halides is 3. The fourth-order valence-electron chi connectivity index (χ4n) is 1.69. The Morgan fingerprint density at radius 1 is 1.32 bits per heavy atom. The summed E-state index contributed by atoms with van der Waals surface area (Å²) in [6.07, 6.45) is -3.82. The highest BCUT2D eigenvalue weighted by molar-refractivity contribution is 8.00. The zero-order valence-corrected chi connectivity index (χ0v) is 13.4. The molecule has 1 aromatic rings. The molecule has 2 N–H and O–H groups in total. The smallest absolute Gasteiger partial charge is 0.396 e. The second-order valence-corrected chi connectivity index (χ2v) is 6.78. The molecule has 0 unspecified atom stereocenters. The van der Waals surface area contributed by atoms with Crippen LogP contribution in [0.4, 0.5) is 13.2 Å². The van der Waals surface area contributed by atoms with Crippen LogP contribution in [0.5, 0.6) is 0 Å². The van der Waals surface area contributed by atoms with E-state index in [0.717, 1.165) is 23.9 Å². The predicted octanol–water partition coefficient (Wildman–Crippen LogP) is 3.32. The van der Waals surface area contributed by atoms with Crippen molar-refractivity contribution in [3.05, 3.63) is 29.8 Å². The standard InChI is InChI=1S/C15H20F3NO2S/c1-14(2,6-7-20)10-19-13(21)9-22-12-5-3-4-11(8-12)15(16,17)18/h3-5,8,20H,6-7,9-10H2,1-2H3,(H,19,21). The van der Waals surface area contributed by atoms with E-state index in [-0.39, 0.29) is 23.7 Å². The molecule has 0 aliphatic heterocycles. The maximum absolute atomic E-state index is 12.6. The molecule has 0 fully saturated rings. The van der Waals surface area contributed by atoms with E-state index in [0.29, 0.717) is 17.9 Å². The molecule has 0 heterocycles. The van der Waals surface area contributed by atoms with Crippen LogP contribution in [0.15, 0.2) is 29.2 Å². The Labute approximate surface area is 132 Å². The highest BCUT2D eigenvalue weighted by atomic mass is 32.2. The van der Waals surface area contributed by atoms with Gasteiger partial charge in [-0.1, -0.05) is 19.9 Å². The monoisotopic (exact) mass is 335 g/mol. The minimum Gasteiger partial charge on any atom is -0.396 e. The number of nitrogens with one attached hydrogen (secondary N) is 1. The average Bonchev–Trinajstić information content (AvgIpc) is 2.42. The summed E-state index contributed by atoms with van der Waals surface area (Å²) in [6.45, 7) is 4.30. The number of hydrogen-bond acceptors (Lipinski definition) is 3. The van der Waals surface area contributed by atoms with Gasteiger partial charge in [0.1, 0.15) is 0 Å². The van der Waals surface area contributed by atoms with Crippen molar-refractivity contribution in [3.63, 3.8) is 0 Å². The Morgan fingerprint density at radius 2 is 2.00 bits per heavy atom. The van der Waals surface area contributed by atoms with Crippen LogP contribution in [0.2, 0.25) is 0 Å². The Hall–Kier alpha value is -1.21. The number of hydrogen-bond donors (Lipinski definition) is 2. The summed E-state index contributed by atoms with van der Waals surface area (Å²) in [6, 6.07) is 4.91. The number of carbonyl (C=O) groups excluding carboxylic acids is 1. The fraction of sp³-hybridized carbons (Fsp3) is 0.533. The van der Waals surface area contributed by atoms with Crippen LogP contribution >= 0.6 is 11.8 Å². The third kappa shape index (κ3) is 6.70. The van der Waals surface area contributed by atoms with E-state index in [1.807, 2.05) is 13.8 Å². The molecule has 0 bridgehead atoms. The summed E-state index contributed by atoms with van der Waals surface area (Å²) < 4.78 is 37.7. The van der Waals surface area contributed by atoms with Crippen LogP contribution in [0.1, 0.15) is 25.8 Å². The lowest BCUT2D eigenvalue weighted by Crippen LogP contribution is -2.35. The molecular weight excluding hydrogens is 315 g/mol. The molecule has 124 valence electrons. The van der Waals surface area contributed by atoms with Crippen LogP contribution in [0, 0.1) is 5.41 Å². The minimum atomic E-state index is -4.38. The third-order valence-corrected chi connectivity index (χ3v) is 4.08. The Bertz CT molecular complexity index is 504. The van der Waals surface area contributed by atoms with Gasteiger partial charge >= 0.3 is 6.18 Å². The number of carbonyl (C=O) groups is 1. The fourth-order valence-corrected chi connectivity index (χ4v) is 2.48. The van der Waals surface area contributed by atoms with Crippen molar-refractivity contribution < 1.29 is 23.1 Å². The zero-order chi connectivity index (χ0) is 16.8. The molecule has 0 spiro atoms. The quantitative estimate of drug-likeness (QED) is 0.752. The summed E-state index contributed by atoms with van der Waals surface area (Å²) in [5, 5.41) is 11.6. The van der Waals surface area contributed by atoms with Gasteiger partial charge in [-0.2, -0.15) is 13.2 Å². The van der Waals surface area contributed by atoms with Gasteiger partial charge in [-0.3, -0.25) is 4.79 Å². The number of aliphatic hydroxyl groups excluding tert-OH is 1. The van der Waals surface area contributed by atoms with E-state index in [4.69, 9.17) is 5.11 Å². The van der Waals surface area contributed by atoms with Gasteiger partial charge in [0.15, 0.2) is 0 Å². The Balaban J connectivity index is 2.48. The topological polar surface area (TPSA) is 49.3 Å². The highest BCUT2D eigenvalue weighted by Gasteiger charge is 2.30. The maximum atomic E-state index is 12.6. The van der Waals surface area contributed by atoms with Gasteiger partial charge < -0.3 is 10.4 Å². The summed E-state index contributed by atoms with van der Waals surface area (Å²) in [7, 11) is 0. The summed E-state index contributed by atoms with van der Waals surface area (Å²) in [4.78, 5) is 12.1. The van der Waals surface area contributed by atoms with Gasteiger partial charge in [0.05, 0.1) is 11.3 Å². The number of thioether (sulfide) groups is 1. The van der Waals surface area contributed by atoms with E-state index in [1.54, 1.807) is 6.07 Å². The molecule has 0 aliphatic rings. The second kappa shape index (κ2) is 7.87. The molecular formula is C15H20F3NO2S.